The number of aryl methyl sites for hydroxylation is 1. The van der Waals surface area contributed by atoms with E-state index in [-0.39, 0.29) is 18.3 Å². The molecule has 1 aliphatic heterocycles. The second kappa shape index (κ2) is 11.2. The van der Waals surface area contributed by atoms with Gasteiger partial charge in [-0.25, -0.2) is 0 Å². The second-order valence-electron chi connectivity index (χ2n) is 7.18. The Balaban J connectivity index is 0.00000300. The van der Waals surface area contributed by atoms with Gasteiger partial charge in [0, 0.05) is 29.2 Å². The van der Waals surface area contributed by atoms with Crippen LogP contribution >= 0.6 is 24.0 Å². The summed E-state index contributed by atoms with van der Waals surface area (Å²) < 4.78 is 5.90. The maximum absolute atomic E-state index is 11.2. The highest BCUT2D eigenvalue weighted by Gasteiger charge is 2.24. The lowest BCUT2D eigenvalue weighted by molar-refractivity contribution is -0.143. The third kappa shape index (κ3) is 6.23. The molecule has 1 saturated heterocycles. The number of carboxylic acid groups (broad SMARTS) is 1. The van der Waals surface area contributed by atoms with E-state index >= 15 is 0 Å². The molecule has 0 radical (unpaired) electrons. The molecule has 1 fully saturated rings. The van der Waals surface area contributed by atoms with Gasteiger partial charge in [0.15, 0.2) is 0 Å². The number of halogens is 2. The lowest BCUT2D eigenvalue weighted by Gasteiger charge is -2.30. The number of hydrogen-bond donors (Lipinski definition) is 1. The summed E-state index contributed by atoms with van der Waals surface area (Å²) in [7, 11) is 0. The Morgan fingerprint density at radius 2 is 1.90 bits per heavy atom. The van der Waals surface area contributed by atoms with Crippen molar-refractivity contribution in [1.29, 1.82) is 0 Å². The van der Waals surface area contributed by atoms with Gasteiger partial charge in [-0.2, -0.15) is 0 Å². The molecule has 1 N–H and O–H groups in total. The first-order valence-electron chi connectivity index (χ1n) is 9.64. The SMILES string of the molecule is Cc1ccccc1C(=COCCN1CCC[C@@H](C(=O)O)C1)c1ccccc1Cl.Cl. The van der Waals surface area contributed by atoms with E-state index in [0.717, 1.165) is 41.6 Å². The monoisotopic (exact) mass is 435 g/mol. The molecule has 0 aromatic heterocycles. The molecule has 6 heteroatoms. The molecule has 4 nitrogen and oxygen atoms in total. The van der Waals surface area contributed by atoms with Crippen molar-refractivity contribution < 1.29 is 14.6 Å². The number of carboxylic acids is 1. The van der Waals surface area contributed by atoms with Crippen molar-refractivity contribution in [3.63, 3.8) is 0 Å². The minimum atomic E-state index is -0.703. The highest BCUT2D eigenvalue weighted by Crippen LogP contribution is 2.31. The molecule has 2 aromatic carbocycles. The topological polar surface area (TPSA) is 49.8 Å². The maximum atomic E-state index is 11.2. The van der Waals surface area contributed by atoms with Gasteiger partial charge < -0.3 is 9.84 Å². The molecule has 0 spiro atoms. The third-order valence-corrected chi connectivity index (χ3v) is 5.51. The summed E-state index contributed by atoms with van der Waals surface area (Å²) in [6.07, 6.45) is 3.46. The summed E-state index contributed by atoms with van der Waals surface area (Å²) in [6.45, 7) is 4.80. The summed E-state index contributed by atoms with van der Waals surface area (Å²) in [6, 6.07) is 15.9. The molecule has 3 rings (SSSR count). The van der Waals surface area contributed by atoms with E-state index in [2.05, 4.69) is 24.0 Å². The highest BCUT2D eigenvalue weighted by atomic mass is 35.5. The summed E-state index contributed by atoms with van der Waals surface area (Å²) in [5.74, 6) is -0.971. The van der Waals surface area contributed by atoms with Crippen LogP contribution < -0.4 is 0 Å². The van der Waals surface area contributed by atoms with E-state index in [1.165, 1.54) is 0 Å². The van der Waals surface area contributed by atoms with Crippen molar-refractivity contribution >= 4 is 35.6 Å². The zero-order valence-corrected chi connectivity index (χ0v) is 18.1. The van der Waals surface area contributed by atoms with Crippen molar-refractivity contribution in [2.24, 2.45) is 5.92 Å². The molecule has 2 aromatic rings. The molecule has 0 amide bonds. The van der Waals surface area contributed by atoms with Gasteiger partial charge in [-0.05, 0) is 43.5 Å². The Morgan fingerprint density at radius 1 is 1.21 bits per heavy atom. The Labute approximate surface area is 183 Å². The van der Waals surface area contributed by atoms with Crippen molar-refractivity contribution in [2.45, 2.75) is 19.8 Å². The van der Waals surface area contributed by atoms with Gasteiger partial charge in [0.1, 0.15) is 6.61 Å². The number of likely N-dealkylation sites (tertiary alicyclic amines) is 1. The zero-order valence-electron chi connectivity index (χ0n) is 16.5. The van der Waals surface area contributed by atoms with Gasteiger partial charge in [-0.15, -0.1) is 12.4 Å². The smallest absolute Gasteiger partial charge is 0.307 e. The second-order valence-corrected chi connectivity index (χ2v) is 7.58. The molecule has 1 atom stereocenters. The average Bonchev–Trinajstić information content (AvgIpc) is 2.70. The third-order valence-electron chi connectivity index (χ3n) is 5.18. The molecule has 1 aliphatic rings. The van der Waals surface area contributed by atoms with E-state index in [1.807, 2.05) is 36.4 Å². The minimum Gasteiger partial charge on any atom is -0.499 e. The van der Waals surface area contributed by atoms with Crippen molar-refractivity contribution in [3.8, 4) is 0 Å². The zero-order chi connectivity index (χ0) is 19.9. The Morgan fingerprint density at radius 3 is 2.59 bits per heavy atom. The van der Waals surface area contributed by atoms with Crippen LogP contribution in [0.1, 0.15) is 29.5 Å². The van der Waals surface area contributed by atoms with E-state index in [9.17, 15) is 9.90 Å². The number of piperidine rings is 1. The van der Waals surface area contributed by atoms with Crippen molar-refractivity contribution in [3.05, 3.63) is 76.5 Å². The van der Waals surface area contributed by atoms with Crippen LogP contribution in [0.3, 0.4) is 0 Å². The molecule has 0 bridgehead atoms. The number of aliphatic carboxylic acids is 1. The summed E-state index contributed by atoms with van der Waals surface area (Å²) in [4.78, 5) is 13.4. The van der Waals surface area contributed by atoms with E-state index < -0.39 is 5.97 Å². The molecule has 29 heavy (non-hydrogen) atoms. The largest absolute Gasteiger partial charge is 0.499 e. The van der Waals surface area contributed by atoms with Gasteiger partial charge in [0.25, 0.3) is 0 Å². The van der Waals surface area contributed by atoms with Crippen LogP contribution in [0.4, 0.5) is 0 Å². The van der Waals surface area contributed by atoms with Gasteiger partial charge in [-0.1, -0.05) is 54.1 Å². The van der Waals surface area contributed by atoms with Crippen LogP contribution in [0.15, 0.2) is 54.8 Å². The molecular formula is C23H27Cl2NO3. The van der Waals surface area contributed by atoms with E-state index in [1.54, 1.807) is 6.26 Å². The quantitative estimate of drug-likeness (QED) is 0.475. The molecule has 0 aliphatic carbocycles. The number of rotatable bonds is 7. The number of hydrogen-bond acceptors (Lipinski definition) is 3. The standard InChI is InChI=1S/C23H26ClNO3.ClH/c1-17-7-2-3-9-19(17)21(20-10-4-5-11-22(20)24)16-28-14-13-25-12-6-8-18(15-25)23(26)27;/h2-5,7,9-11,16,18H,6,8,12-15H2,1H3,(H,26,27);1H/t18-;/m1./s1. The fourth-order valence-corrected chi connectivity index (χ4v) is 3.85. The lowest BCUT2D eigenvalue weighted by Crippen LogP contribution is -2.40. The lowest BCUT2D eigenvalue weighted by atomic mass is 9.95. The van der Waals surface area contributed by atoms with Crippen LogP contribution in [-0.4, -0.2) is 42.2 Å². The van der Waals surface area contributed by atoms with Gasteiger partial charge in [0.05, 0.1) is 12.2 Å². The predicted octanol–water partition coefficient (Wildman–Crippen LogP) is 5.27. The molecule has 156 valence electrons. The van der Waals surface area contributed by atoms with Gasteiger partial charge in [0.2, 0.25) is 0 Å². The van der Waals surface area contributed by atoms with Crippen LogP contribution in [0, 0.1) is 12.8 Å². The van der Waals surface area contributed by atoms with Gasteiger partial charge >= 0.3 is 5.97 Å². The van der Waals surface area contributed by atoms with Crippen LogP contribution in [-0.2, 0) is 9.53 Å². The number of carbonyl (C=O) groups is 1. The van der Waals surface area contributed by atoms with Crippen molar-refractivity contribution in [1.82, 2.24) is 4.90 Å². The molecule has 0 saturated carbocycles. The first-order chi connectivity index (χ1) is 13.6. The predicted molar refractivity (Wildman–Crippen MR) is 120 cm³/mol. The molecule has 0 unspecified atom stereocenters. The fraction of sp³-hybridized carbons (Fsp3) is 0.348. The van der Waals surface area contributed by atoms with Gasteiger partial charge in [-0.3, -0.25) is 9.69 Å². The van der Waals surface area contributed by atoms with Crippen LogP contribution in [0.2, 0.25) is 5.02 Å². The summed E-state index contributed by atoms with van der Waals surface area (Å²) in [5.41, 5.74) is 4.12. The van der Waals surface area contributed by atoms with E-state index in [0.29, 0.717) is 24.7 Å². The first kappa shape index (κ1) is 23.3. The number of nitrogens with zero attached hydrogens (tertiary/aromatic N) is 1. The molecular weight excluding hydrogens is 409 g/mol. The van der Waals surface area contributed by atoms with Crippen LogP contribution in [0.5, 0.6) is 0 Å². The number of benzene rings is 2. The highest BCUT2D eigenvalue weighted by molar-refractivity contribution is 6.32. The Kier molecular flexibility index (Phi) is 9.02. The minimum absolute atomic E-state index is 0. The fourth-order valence-electron chi connectivity index (χ4n) is 3.61. The Hall–Kier alpha value is -2.01. The normalized spacial score (nSPS) is 17.4. The summed E-state index contributed by atoms with van der Waals surface area (Å²) in [5, 5.41) is 9.91. The molecule has 1 heterocycles. The first-order valence-corrected chi connectivity index (χ1v) is 10.0. The van der Waals surface area contributed by atoms with Crippen molar-refractivity contribution in [2.75, 3.05) is 26.2 Å². The van der Waals surface area contributed by atoms with E-state index in [4.69, 9.17) is 16.3 Å². The average molecular weight is 436 g/mol. The Bertz CT molecular complexity index is 806. The number of ether oxygens (including phenoxy) is 1. The summed E-state index contributed by atoms with van der Waals surface area (Å²) >= 11 is 6.44. The van der Waals surface area contributed by atoms with Crippen LogP contribution in [0.25, 0.3) is 5.57 Å². The maximum Gasteiger partial charge on any atom is 0.307 e.